The Morgan fingerprint density at radius 1 is 1.53 bits per heavy atom. The van der Waals surface area contributed by atoms with E-state index in [9.17, 15) is 14.9 Å². The first-order valence-electron chi connectivity index (χ1n) is 5.99. The van der Waals surface area contributed by atoms with Gasteiger partial charge in [-0.25, -0.2) is 0 Å². The highest BCUT2D eigenvalue weighted by atomic mass is 79.9. The van der Waals surface area contributed by atoms with E-state index in [1.807, 2.05) is 0 Å². The van der Waals surface area contributed by atoms with Gasteiger partial charge in [0.15, 0.2) is 0 Å². The predicted molar refractivity (Wildman–Crippen MR) is 73.7 cm³/mol. The van der Waals surface area contributed by atoms with Gasteiger partial charge in [0, 0.05) is 41.7 Å². The Labute approximate surface area is 118 Å². The standard InChI is InChI=1S/C12H14BrN3O3/c13-9-1-3-11(16(18)19)8(5-9)6-14-10-2-4-12(17)15-7-10/h1,3,5,10,14H,2,4,6-7H2,(H,15,17). The van der Waals surface area contributed by atoms with E-state index in [1.54, 1.807) is 12.1 Å². The third kappa shape index (κ3) is 3.74. The van der Waals surface area contributed by atoms with Crippen LogP contribution in [0.25, 0.3) is 0 Å². The van der Waals surface area contributed by atoms with Crippen LogP contribution in [0.3, 0.4) is 0 Å². The van der Waals surface area contributed by atoms with Gasteiger partial charge in [-0.1, -0.05) is 15.9 Å². The summed E-state index contributed by atoms with van der Waals surface area (Å²) in [5.41, 5.74) is 0.742. The van der Waals surface area contributed by atoms with Crippen LogP contribution in [-0.4, -0.2) is 23.4 Å². The maximum Gasteiger partial charge on any atom is 0.273 e. The van der Waals surface area contributed by atoms with Crippen LogP contribution in [0.2, 0.25) is 0 Å². The number of halogens is 1. The lowest BCUT2D eigenvalue weighted by atomic mass is 10.1. The molecule has 0 saturated carbocycles. The van der Waals surface area contributed by atoms with Crippen molar-refractivity contribution in [2.45, 2.75) is 25.4 Å². The van der Waals surface area contributed by atoms with Gasteiger partial charge >= 0.3 is 0 Å². The fourth-order valence-corrected chi connectivity index (χ4v) is 2.44. The SMILES string of the molecule is O=C1CCC(NCc2cc(Br)ccc2[N+](=O)[O-])CN1. The Morgan fingerprint density at radius 2 is 2.32 bits per heavy atom. The molecule has 2 rings (SSSR count). The lowest BCUT2D eigenvalue weighted by Gasteiger charge is -2.23. The minimum absolute atomic E-state index is 0.0616. The van der Waals surface area contributed by atoms with E-state index in [0.29, 0.717) is 25.1 Å². The Bertz CT molecular complexity index is 497. The Hall–Kier alpha value is -1.47. The first-order chi connectivity index (χ1) is 9.06. The molecule has 102 valence electrons. The van der Waals surface area contributed by atoms with E-state index < -0.39 is 0 Å². The number of carbonyl (C=O) groups excluding carboxylic acids is 1. The summed E-state index contributed by atoms with van der Waals surface area (Å²) in [6, 6.07) is 5.05. The second kappa shape index (κ2) is 6.12. The summed E-state index contributed by atoms with van der Waals surface area (Å²) in [7, 11) is 0. The van der Waals surface area contributed by atoms with Gasteiger partial charge in [-0.15, -0.1) is 0 Å². The van der Waals surface area contributed by atoms with E-state index in [1.165, 1.54) is 6.07 Å². The third-order valence-corrected chi connectivity index (χ3v) is 3.58. The molecule has 1 aromatic carbocycles. The molecule has 1 fully saturated rings. The number of nitrogens with zero attached hydrogens (tertiary/aromatic N) is 1. The van der Waals surface area contributed by atoms with Crippen molar-refractivity contribution in [1.82, 2.24) is 10.6 Å². The normalized spacial score (nSPS) is 19.0. The summed E-state index contributed by atoms with van der Waals surface area (Å²) in [4.78, 5) is 21.6. The molecule has 1 saturated heterocycles. The third-order valence-electron chi connectivity index (χ3n) is 3.08. The van der Waals surface area contributed by atoms with E-state index in [2.05, 4.69) is 26.6 Å². The van der Waals surface area contributed by atoms with E-state index >= 15 is 0 Å². The zero-order valence-electron chi connectivity index (χ0n) is 10.2. The molecule has 1 aliphatic rings. The van der Waals surface area contributed by atoms with Gasteiger partial charge in [0.05, 0.1) is 4.92 Å². The average Bonchev–Trinajstić information content (AvgIpc) is 2.38. The number of hydrogen-bond donors (Lipinski definition) is 2. The zero-order chi connectivity index (χ0) is 13.8. The molecule has 1 amide bonds. The van der Waals surface area contributed by atoms with Crippen LogP contribution in [0, 0.1) is 10.1 Å². The summed E-state index contributed by atoms with van der Waals surface area (Å²) < 4.78 is 0.812. The van der Waals surface area contributed by atoms with Crippen LogP contribution in [-0.2, 0) is 11.3 Å². The molecular formula is C12H14BrN3O3. The minimum Gasteiger partial charge on any atom is -0.355 e. The van der Waals surface area contributed by atoms with Crippen molar-refractivity contribution in [3.8, 4) is 0 Å². The number of amides is 1. The van der Waals surface area contributed by atoms with Gasteiger partial charge in [-0.3, -0.25) is 14.9 Å². The summed E-state index contributed by atoms with van der Waals surface area (Å²) in [6.45, 7) is 0.983. The highest BCUT2D eigenvalue weighted by Crippen LogP contribution is 2.23. The number of nitro benzene ring substituents is 1. The molecule has 19 heavy (non-hydrogen) atoms. The number of carbonyl (C=O) groups is 1. The molecule has 0 bridgehead atoms. The lowest BCUT2D eigenvalue weighted by molar-refractivity contribution is -0.385. The molecule has 2 N–H and O–H groups in total. The molecule has 0 spiro atoms. The van der Waals surface area contributed by atoms with Crippen molar-refractivity contribution in [3.63, 3.8) is 0 Å². The number of hydrogen-bond acceptors (Lipinski definition) is 4. The van der Waals surface area contributed by atoms with Crippen molar-refractivity contribution < 1.29 is 9.72 Å². The molecule has 0 aromatic heterocycles. The van der Waals surface area contributed by atoms with Gasteiger partial charge < -0.3 is 10.6 Å². The quantitative estimate of drug-likeness (QED) is 0.651. The summed E-state index contributed by atoms with van der Waals surface area (Å²) in [5.74, 6) is 0.0616. The maximum absolute atomic E-state index is 11.0. The Kier molecular flexibility index (Phi) is 4.49. The van der Waals surface area contributed by atoms with E-state index in [4.69, 9.17) is 0 Å². The highest BCUT2D eigenvalue weighted by Gasteiger charge is 2.19. The molecule has 1 unspecified atom stereocenters. The first-order valence-corrected chi connectivity index (χ1v) is 6.78. The zero-order valence-corrected chi connectivity index (χ0v) is 11.8. The van der Waals surface area contributed by atoms with Crippen LogP contribution < -0.4 is 10.6 Å². The van der Waals surface area contributed by atoms with Crippen LogP contribution >= 0.6 is 15.9 Å². The van der Waals surface area contributed by atoms with Gasteiger partial charge in [0.25, 0.3) is 5.69 Å². The minimum atomic E-state index is -0.383. The van der Waals surface area contributed by atoms with Crippen molar-refractivity contribution in [2.75, 3.05) is 6.54 Å². The molecule has 0 aliphatic carbocycles. The summed E-state index contributed by atoms with van der Waals surface area (Å²) in [5, 5.41) is 16.9. The van der Waals surface area contributed by atoms with Crippen LogP contribution in [0.4, 0.5) is 5.69 Å². The highest BCUT2D eigenvalue weighted by molar-refractivity contribution is 9.10. The second-order valence-electron chi connectivity index (χ2n) is 4.45. The molecule has 1 aliphatic heterocycles. The Balaban J connectivity index is 2.00. The van der Waals surface area contributed by atoms with Crippen molar-refractivity contribution in [3.05, 3.63) is 38.3 Å². The van der Waals surface area contributed by atoms with Crippen LogP contribution in [0.1, 0.15) is 18.4 Å². The summed E-state index contributed by atoms with van der Waals surface area (Å²) in [6.07, 6.45) is 1.26. The maximum atomic E-state index is 11.0. The van der Waals surface area contributed by atoms with Crippen LogP contribution in [0.5, 0.6) is 0 Å². The van der Waals surface area contributed by atoms with E-state index in [-0.39, 0.29) is 22.6 Å². The summed E-state index contributed by atoms with van der Waals surface area (Å²) >= 11 is 3.31. The van der Waals surface area contributed by atoms with Crippen molar-refractivity contribution in [1.29, 1.82) is 0 Å². The largest absolute Gasteiger partial charge is 0.355 e. The van der Waals surface area contributed by atoms with Gasteiger partial charge in [-0.2, -0.15) is 0 Å². The molecule has 1 atom stereocenters. The first kappa shape index (κ1) is 14.0. The molecular weight excluding hydrogens is 314 g/mol. The van der Waals surface area contributed by atoms with Crippen LogP contribution in [0.15, 0.2) is 22.7 Å². The van der Waals surface area contributed by atoms with Gasteiger partial charge in [-0.05, 0) is 18.6 Å². The topological polar surface area (TPSA) is 84.3 Å². The van der Waals surface area contributed by atoms with Gasteiger partial charge in [0.1, 0.15) is 0 Å². The fourth-order valence-electron chi connectivity index (χ4n) is 2.04. The molecule has 7 heteroatoms. The van der Waals surface area contributed by atoms with Crippen molar-refractivity contribution in [2.24, 2.45) is 0 Å². The number of nitrogens with one attached hydrogen (secondary N) is 2. The Morgan fingerprint density at radius 3 is 2.95 bits per heavy atom. The smallest absolute Gasteiger partial charge is 0.273 e. The van der Waals surface area contributed by atoms with Crippen molar-refractivity contribution >= 4 is 27.5 Å². The van der Waals surface area contributed by atoms with Gasteiger partial charge in [0.2, 0.25) is 5.91 Å². The lowest BCUT2D eigenvalue weighted by Crippen LogP contribution is -2.45. The number of piperidine rings is 1. The number of nitro groups is 1. The fraction of sp³-hybridized carbons (Fsp3) is 0.417. The molecule has 6 nitrogen and oxygen atoms in total. The average molecular weight is 328 g/mol. The van der Waals surface area contributed by atoms with E-state index in [0.717, 1.165) is 10.9 Å². The second-order valence-corrected chi connectivity index (χ2v) is 5.37. The predicted octanol–water partition coefficient (Wildman–Crippen LogP) is 1.73. The number of rotatable bonds is 4. The monoisotopic (exact) mass is 327 g/mol. The molecule has 1 heterocycles. The number of benzene rings is 1. The molecule has 0 radical (unpaired) electrons. The molecule has 1 aromatic rings.